The van der Waals surface area contributed by atoms with E-state index in [2.05, 4.69) is 21.2 Å². The van der Waals surface area contributed by atoms with Crippen LogP contribution in [0.25, 0.3) is 0 Å². The fourth-order valence-electron chi connectivity index (χ4n) is 1.37. The van der Waals surface area contributed by atoms with Crippen molar-refractivity contribution in [2.45, 2.75) is 6.92 Å². The van der Waals surface area contributed by atoms with Crippen molar-refractivity contribution in [3.63, 3.8) is 0 Å². The van der Waals surface area contributed by atoms with Crippen molar-refractivity contribution in [3.8, 4) is 0 Å². The zero-order chi connectivity index (χ0) is 12.8. The first kappa shape index (κ1) is 13.9. The quantitative estimate of drug-likeness (QED) is 0.920. The molecule has 17 heavy (non-hydrogen) atoms. The molecular weight excluding hydrogens is 284 g/mol. The summed E-state index contributed by atoms with van der Waals surface area (Å²) >= 11 is 3.30. The second-order valence-corrected chi connectivity index (χ2v) is 4.50. The van der Waals surface area contributed by atoms with Crippen molar-refractivity contribution in [1.29, 1.82) is 0 Å². The molecule has 0 aliphatic heterocycles. The Morgan fingerprint density at radius 2 is 1.88 bits per heavy atom. The summed E-state index contributed by atoms with van der Waals surface area (Å²) in [6.45, 7) is 2.36. The number of imide groups is 1. The third kappa shape index (κ3) is 3.94. The normalized spacial score (nSPS) is 10.1. The summed E-state index contributed by atoms with van der Waals surface area (Å²) in [7, 11) is 1.78. The van der Waals surface area contributed by atoms with E-state index in [-0.39, 0.29) is 11.8 Å². The summed E-state index contributed by atoms with van der Waals surface area (Å²) in [6.07, 6.45) is 0. The molecule has 0 unspecified atom stereocenters. The molecule has 0 heterocycles. The number of carbonyl (C=O) groups excluding carboxylic acids is 2. The first-order chi connectivity index (χ1) is 8.06. The van der Waals surface area contributed by atoms with E-state index in [9.17, 15) is 9.59 Å². The number of likely N-dealkylation sites (N-methyl/N-ethyl adjacent to an activating group) is 1. The zero-order valence-corrected chi connectivity index (χ0v) is 11.5. The van der Waals surface area contributed by atoms with Gasteiger partial charge in [-0.25, -0.2) is 0 Å². The van der Waals surface area contributed by atoms with Gasteiger partial charge in [-0.05, 0) is 31.3 Å². The molecule has 0 spiro atoms. The van der Waals surface area contributed by atoms with E-state index >= 15 is 0 Å². The van der Waals surface area contributed by atoms with Gasteiger partial charge in [0, 0.05) is 30.0 Å². The van der Waals surface area contributed by atoms with Crippen LogP contribution in [0.1, 0.15) is 17.3 Å². The fraction of sp³-hybridized carbons (Fsp3) is 0.333. The number of hydrogen-bond acceptors (Lipinski definition) is 3. The van der Waals surface area contributed by atoms with Crippen LogP contribution in [0, 0.1) is 0 Å². The number of rotatable bonds is 4. The highest BCUT2D eigenvalue weighted by Gasteiger charge is 2.18. The lowest BCUT2D eigenvalue weighted by molar-refractivity contribution is -0.126. The van der Waals surface area contributed by atoms with Gasteiger partial charge in [0.05, 0.1) is 0 Å². The van der Waals surface area contributed by atoms with Crippen molar-refractivity contribution in [3.05, 3.63) is 34.3 Å². The summed E-state index contributed by atoms with van der Waals surface area (Å²) in [5, 5.41) is 2.91. The maximum absolute atomic E-state index is 12.1. The van der Waals surface area contributed by atoms with E-state index in [0.717, 1.165) is 4.47 Å². The van der Waals surface area contributed by atoms with Gasteiger partial charge in [0.2, 0.25) is 5.91 Å². The Morgan fingerprint density at radius 1 is 1.29 bits per heavy atom. The maximum atomic E-state index is 12.1. The molecule has 92 valence electrons. The monoisotopic (exact) mass is 298 g/mol. The minimum absolute atomic E-state index is 0.242. The second kappa shape index (κ2) is 6.51. The lowest BCUT2D eigenvalue weighted by Crippen LogP contribution is -2.39. The van der Waals surface area contributed by atoms with Crippen LogP contribution >= 0.6 is 15.9 Å². The maximum Gasteiger partial charge on any atom is 0.260 e. The highest BCUT2D eigenvalue weighted by atomic mass is 79.9. The van der Waals surface area contributed by atoms with E-state index in [1.807, 2.05) is 0 Å². The van der Waals surface area contributed by atoms with Gasteiger partial charge in [0.1, 0.15) is 0 Å². The molecule has 0 bridgehead atoms. The van der Waals surface area contributed by atoms with Crippen LogP contribution in [-0.4, -0.2) is 36.9 Å². The summed E-state index contributed by atoms with van der Waals surface area (Å²) in [5.74, 6) is -0.506. The smallest absolute Gasteiger partial charge is 0.260 e. The average molecular weight is 299 g/mol. The molecule has 0 atom stereocenters. The van der Waals surface area contributed by atoms with E-state index in [4.69, 9.17) is 0 Å². The van der Waals surface area contributed by atoms with E-state index < -0.39 is 0 Å². The Bertz CT molecular complexity index is 403. The molecule has 1 aromatic rings. The summed E-state index contributed by atoms with van der Waals surface area (Å²) in [6, 6.07) is 6.96. The highest BCUT2D eigenvalue weighted by molar-refractivity contribution is 9.10. The summed E-state index contributed by atoms with van der Waals surface area (Å²) < 4.78 is 0.902. The lowest BCUT2D eigenvalue weighted by atomic mass is 10.2. The molecule has 1 rings (SSSR count). The fourth-order valence-corrected chi connectivity index (χ4v) is 1.64. The van der Waals surface area contributed by atoms with Gasteiger partial charge in [-0.3, -0.25) is 14.5 Å². The largest absolute Gasteiger partial charge is 0.318 e. The number of nitrogens with zero attached hydrogens (tertiary/aromatic N) is 1. The lowest BCUT2D eigenvalue weighted by Gasteiger charge is -2.18. The van der Waals surface area contributed by atoms with Crippen LogP contribution in [-0.2, 0) is 4.79 Å². The van der Waals surface area contributed by atoms with Crippen molar-refractivity contribution >= 4 is 27.7 Å². The molecular formula is C12H15BrN2O2. The van der Waals surface area contributed by atoms with E-state index in [0.29, 0.717) is 18.7 Å². The Kier molecular flexibility index (Phi) is 5.31. The van der Waals surface area contributed by atoms with E-state index in [1.165, 1.54) is 11.8 Å². The van der Waals surface area contributed by atoms with Gasteiger partial charge in [-0.2, -0.15) is 0 Å². The average Bonchev–Trinajstić information content (AvgIpc) is 2.29. The number of nitrogens with one attached hydrogen (secondary N) is 1. The molecule has 4 nitrogen and oxygen atoms in total. The van der Waals surface area contributed by atoms with Gasteiger partial charge < -0.3 is 5.32 Å². The number of carbonyl (C=O) groups is 2. The highest BCUT2D eigenvalue weighted by Crippen LogP contribution is 2.12. The van der Waals surface area contributed by atoms with Crippen LogP contribution in [0.15, 0.2) is 28.7 Å². The van der Waals surface area contributed by atoms with Gasteiger partial charge >= 0.3 is 0 Å². The molecule has 0 fully saturated rings. The Hall–Kier alpha value is -1.20. The SMILES string of the molecule is CNCCN(C(C)=O)C(=O)c1ccc(Br)cc1. The first-order valence-electron chi connectivity index (χ1n) is 5.29. The minimum atomic E-state index is -0.264. The number of benzene rings is 1. The molecule has 0 saturated heterocycles. The predicted molar refractivity (Wildman–Crippen MR) is 69.8 cm³/mol. The zero-order valence-electron chi connectivity index (χ0n) is 9.87. The Balaban J connectivity index is 2.84. The number of amides is 2. The molecule has 0 saturated carbocycles. The molecule has 0 aromatic heterocycles. The van der Waals surface area contributed by atoms with E-state index in [1.54, 1.807) is 31.3 Å². The first-order valence-corrected chi connectivity index (χ1v) is 6.08. The van der Waals surface area contributed by atoms with Crippen LogP contribution in [0.3, 0.4) is 0 Å². The minimum Gasteiger partial charge on any atom is -0.318 e. The topological polar surface area (TPSA) is 49.4 Å². The molecule has 0 aliphatic carbocycles. The molecule has 1 aromatic carbocycles. The van der Waals surface area contributed by atoms with Gasteiger partial charge in [0.25, 0.3) is 5.91 Å². The molecule has 1 N–H and O–H groups in total. The van der Waals surface area contributed by atoms with Gasteiger partial charge in [-0.15, -0.1) is 0 Å². The van der Waals surface area contributed by atoms with Crippen LogP contribution in [0.4, 0.5) is 0 Å². The van der Waals surface area contributed by atoms with Crippen molar-refractivity contribution in [2.24, 2.45) is 0 Å². The third-order valence-corrected chi connectivity index (χ3v) is 2.83. The van der Waals surface area contributed by atoms with Crippen molar-refractivity contribution in [2.75, 3.05) is 20.1 Å². The molecule has 5 heteroatoms. The van der Waals surface area contributed by atoms with Crippen LogP contribution < -0.4 is 5.32 Å². The van der Waals surface area contributed by atoms with Gasteiger partial charge in [-0.1, -0.05) is 15.9 Å². The predicted octanol–water partition coefficient (Wildman–Crippen LogP) is 1.66. The summed E-state index contributed by atoms with van der Waals surface area (Å²) in [5.41, 5.74) is 0.513. The van der Waals surface area contributed by atoms with Crippen LogP contribution in [0.2, 0.25) is 0 Å². The second-order valence-electron chi connectivity index (χ2n) is 3.59. The van der Waals surface area contributed by atoms with Gasteiger partial charge in [0.15, 0.2) is 0 Å². The summed E-state index contributed by atoms with van der Waals surface area (Å²) in [4.78, 5) is 24.7. The van der Waals surface area contributed by atoms with Crippen molar-refractivity contribution in [1.82, 2.24) is 10.2 Å². The molecule has 0 radical (unpaired) electrons. The number of halogens is 1. The molecule has 0 aliphatic rings. The van der Waals surface area contributed by atoms with Crippen LogP contribution in [0.5, 0.6) is 0 Å². The van der Waals surface area contributed by atoms with Crippen molar-refractivity contribution < 1.29 is 9.59 Å². The standard InChI is InChI=1S/C12H15BrN2O2/c1-9(16)15(8-7-14-2)12(17)10-3-5-11(13)6-4-10/h3-6,14H,7-8H2,1-2H3. The number of hydrogen-bond donors (Lipinski definition) is 1. The molecule has 2 amide bonds. The Morgan fingerprint density at radius 3 is 2.35 bits per heavy atom. The Labute approximate surface area is 109 Å². The third-order valence-electron chi connectivity index (χ3n) is 2.30.